The minimum absolute atomic E-state index is 0.133. The fourth-order valence-electron chi connectivity index (χ4n) is 1.46. The van der Waals surface area contributed by atoms with Crippen molar-refractivity contribution in [2.75, 3.05) is 5.88 Å². The zero-order chi connectivity index (χ0) is 11.9. The van der Waals surface area contributed by atoms with Gasteiger partial charge in [0.2, 0.25) is 5.91 Å². The van der Waals surface area contributed by atoms with Crippen LogP contribution in [0.1, 0.15) is 53.4 Å². The van der Waals surface area contributed by atoms with E-state index in [0.29, 0.717) is 18.2 Å². The maximum Gasteiger partial charge on any atom is 0.220 e. The third-order valence-electron chi connectivity index (χ3n) is 3.24. The monoisotopic (exact) mass is 233 g/mol. The van der Waals surface area contributed by atoms with Gasteiger partial charge in [0.1, 0.15) is 0 Å². The van der Waals surface area contributed by atoms with Gasteiger partial charge in [-0.15, -0.1) is 11.6 Å². The molecule has 0 spiro atoms. The molecule has 0 saturated carbocycles. The molecule has 1 unspecified atom stereocenters. The number of nitrogens with one attached hydrogen (secondary N) is 1. The van der Waals surface area contributed by atoms with Gasteiger partial charge in [-0.3, -0.25) is 4.79 Å². The summed E-state index contributed by atoms with van der Waals surface area (Å²) in [5.41, 5.74) is -0.202. The lowest BCUT2D eigenvalue weighted by Crippen LogP contribution is -2.49. The van der Waals surface area contributed by atoms with Crippen LogP contribution in [0.4, 0.5) is 0 Å². The fourth-order valence-corrected chi connectivity index (χ4v) is 1.90. The van der Waals surface area contributed by atoms with Crippen molar-refractivity contribution in [1.82, 2.24) is 5.32 Å². The van der Waals surface area contributed by atoms with E-state index in [1.54, 1.807) is 0 Å². The number of halogens is 1. The van der Waals surface area contributed by atoms with Crippen LogP contribution in [0.2, 0.25) is 0 Å². The average molecular weight is 234 g/mol. The molecule has 0 aromatic heterocycles. The molecule has 0 aliphatic heterocycles. The first-order valence-corrected chi connectivity index (χ1v) is 6.44. The Hall–Kier alpha value is -0.240. The van der Waals surface area contributed by atoms with E-state index in [9.17, 15) is 4.79 Å². The minimum atomic E-state index is -0.202. The van der Waals surface area contributed by atoms with Gasteiger partial charge in [0.05, 0.1) is 5.54 Å². The lowest BCUT2D eigenvalue weighted by molar-refractivity contribution is -0.123. The van der Waals surface area contributed by atoms with Crippen LogP contribution in [0.25, 0.3) is 0 Å². The molecule has 0 aliphatic carbocycles. The Morgan fingerprint density at radius 3 is 2.20 bits per heavy atom. The van der Waals surface area contributed by atoms with Crippen LogP contribution in [0, 0.1) is 5.92 Å². The Bertz CT molecular complexity index is 182. The first-order valence-electron chi connectivity index (χ1n) is 5.90. The summed E-state index contributed by atoms with van der Waals surface area (Å²) >= 11 is 5.92. The van der Waals surface area contributed by atoms with Gasteiger partial charge < -0.3 is 5.32 Å². The molecule has 2 nitrogen and oxygen atoms in total. The van der Waals surface area contributed by atoms with E-state index in [2.05, 4.69) is 33.0 Å². The lowest BCUT2D eigenvalue weighted by Gasteiger charge is -2.31. The number of carbonyl (C=O) groups excluding carboxylic acids is 1. The molecule has 0 aromatic carbocycles. The van der Waals surface area contributed by atoms with Crippen molar-refractivity contribution in [2.45, 2.75) is 58.9 Å². The van der Waals surface area contributed by atoms with Gasteiger partial charge in [-0.2, -0.15) is 0 Å². The molecule has 1 atom stereocenters. The van der Waals surface area contributed by atoms with Gasteiger partial charge in [-0.1, -0.05) is 34.1 Å². The number of carbonyl (C=O) groups is 1. The van der Waals surface area contributed by atoms with Gasteiger partial charge in [0.25, 0.3) is 0 Å². The van der Waals surface area contributed by atoms with Crippen LogP contribution < -0.4 is 5.32 Å². The Labute approximate surface area is 98.8 Å². The van der Waals surface area contributed by atoms with Crippen molar-refractivity contribution >= 4 is 17.5 Å². The summed E-state index contributed by atoms with van der Waals surface area (Å²) in [5.74, 6) is 1.08. The van der Waals surface area contributed by atoms with Gasteiger partial charge in [0.15, 0.2) is 0 Å². The van der Waals surface area contributed by atoms with Gasteiger partial charge in [-0.25, -0.2) is 0 Å². The van der Waals surface area contributed by atoms with Crippen molar-refractivity contribution in [3.8, 4) is 0 Å². The lowest BCUT2D eigenvalue weighted by atomic mass is 9.94. The summed E-state index contributed by atoms with van der Waals surface area (Å²) < 4.78 is 0. The second-order valence-corrected chi connectivity index (χ2v) is 4.65. The highest BCUT2D eigenvalue weighted by Gasteiger charge is 2.27. The highest BCUT2D eigenvalue weighted by molar-refractivity contribution is 6.18. The van der Waals surface area contributed by atoms with Gasteiger partial charge in [-0.05, 0) is 18.8 Å². The van der Waals surface area contributed by atoms with E-state index in [0.717, 1.165) is 19.3 Å². The number of hydrogen-bond donors (Lipinski definition) is 1. The van der Waals surface area contributed by atoms with E-state index in [1.165, 1.54) is 0 Å². The summed E-state index contributed by atoms with van der Waals surface area (Å²) in [6.07, 6.45) is 3.42. The molecule has 0 radical (unpaired) electrons. The average Bonchev–Trinajstić information content (AvgIpc) is 2.26. The van der Waals surface area contributed by atoms with E-state index in [1.807, 2.05) is 0 Å². The van der Waals surface area contributed by atoms with E-state index in [-0.39, 0.29) is 11.4 Å². The van der Waals surface area contributed by atoms with E-state index < -0.39 is 0 Å². The first kappa shape index (κ1) is 14.8. The van der Waals surface area contributed by atoms with Gasteiger partial charge in [0, 0.05) is 12.3 Å². The minimum Gasteiger partial charge on any atom is -0.349 e. The van der Waals surface area contributed by atoms with Crippen LogP contribution >= 0.6 is 11.6 Å². The molecule has 0 bridgehead atoms. The Kier molecular flexibility index (Phi) is 6.99. The molecule has 1 amide bonds. The molecule has 0 saturated heterocycles. The summed E-state index contributed by atoms with van der Waals surface area (Å²) in [5, 5.41) is 3.07. The van der Waals surface area contributed by atoms with Crippen LogP contribution in [0.5, 0.6) is 0 Å². The summed E-state index contributed by atoms with van der Waals surface area (Å²) in [6, 6.07) is 0. The van der Waals surface area contributed by atoms with E-state index in [4.69, 9.17) is 11.6 Å². The normalized spacial score (nSPS) is 13.7. The maximum atomic E-state index is 11.7. The molecule has 0 aromatic rings. The molecule has 90 valence electrons. The molecule has 3 heteroatoms. The Morgan fingerprint density at radius 2 is 1.87 bits per heavy atom. The van der Waals surface area contributed by atoms with E-state index >= 15 is 0 Å². The molecular weight excluding hydrogens is 210 g/mol. The standard InChI is InChI=1S/C12H24ClNO/c1-5-10(4)8-11(15)14-12(6-2,7-3)9-13/h10H,5-9H2,1-4H3,(H,14,15). The summed E-state index contributed by atoms with van der Waals surface area (Å²) in [4.78, 5) is 11.7. The number of amides is 1. The van der Waals surface area contributed by atoms with Crippen molar-refractivity contribution in [3.63, 3.8) is 0 Å². The Balaban J connectivity index is 4.23. The summed E-state index contributed by atoms with van der Waals surface area (Å²) in [7, 11) is 0. The molecule has 0 heterocycles. The SMILES string of the molecule is CCC(C)CC(=O)NC(CC)(CC)CCl. The predicted molar refractivity (Wildman–Crippen MR) is 66.2 cm³/mol. The third kappa shape index (κ3) is 4.87. The third-order valence-corrected chi connectivity index (χ3v) is 3.76. The second kappa shape index (κ2) is 7.10. The molecule has 0 fully saturated rings. The number of rotatable bonds is 7. The van der Waals surface area contributed by atoms with Crippen LogP contribution in [0.3, 0.4) is 0 Å². The fraction of sp³-hybridized carbons (Fsp3) is 0.917. The molecule has 1 N–H and O–H groups in total. The zero-order valence-corrected chi connectivity index (χ0v) is 11.2. The molecule has 0 aliphatic rings. The molecular formula is C12H24ClNO. The first-order chi connectivity index (χ1) is 7.03. The van der Waals surface area contributed by atoms with Crippen molar-refractivity contribution < 1.29 is 4.79 Å². The Morgan fingerprint density at radius 1 is 1.33 bits per heavy atom. The van der Waals surface area contributed by atoms with Crippen LogP contribution in [-0.2, 0) is 4.79 Å². The second-order valence-electron chi connectivity index (χ2n) is 4.39. The van der Waals surface area contributed by atoms with Crippen molar-refractivity contribution in [1.29, 1.82) is 0 Å². The quantitative estimate of drug-likeness (QED) is 0.672. The van der Waals surface area contributed by atoms with Gasteiger partial charge >= 0.3 is 0 Å². The smallest absolute Gasteiger partial charge is 0.220 e. The largest absolute Gasteiger partial charge is 0.349 e. The predicted octanol–water partition coefficient (Wildman–Crippen LogP) is 3.34. The number of alkyl halides is 1. The number of hydrogen-bond acceptors (Lipinski definition) is 1. The molecule has 0 rings (SSSR count). The van der Waals surface area contributed by atoms with Crippen molar-refractivity contribution in [2.24, 2.45) is 5.92 Å². The van der Waals surface area contributed by atoms with Crippen molar-refractivity contribution in [3.05, 3.63) is 0 Å². The highest BCUT2D eigenvalue weighted by atomic mass is 35.5. The highest BCUT2D eigenvalue weighted by Crippen LogP contribution is 2.18. The van der Waals surface area contributed by atoms with Crippen LogP contribution in [-0.4, -0.2) is 17.3 Å². The maximum absolute atomic E-state index is 11.7. The van der Waals surface area contributed by atoms with Crippen LogP contribution in [0.15, 0.2) is 0 Å². The molecule has 15 heavy (non-hydrogen) atoms. The zero-order valence-electron chi connectivity index (χ0n) is 10.4. The summed E-state index contributed by atoms with van der Waals surface area (Å²) in [6.45, 7) is 8.33. The topological polar surface area (TPSA) is 29.1 Å².